The van der Waals surface area contributed by atoms with Crippen molar-refractivity contribution < 1.29 is 14.3 Å². The van der Waals surface area contributed by atoms with Crippen molar-refractivity contribution in [2.75, 3.05) is 7.05 Å². The molecule has 2 aromatic rings. The Morgan fingerprint density at radius 1 is 1.38 bits per heavy atom. The van der Waals surface area contributed by atoms with E-state index in [1.54, 1.807) is 17.4 Å². The summed E-state index contributed by atoms with van der Waals surface area (Å²) in [5, 5.41) is 12.8. The summed E-state index contributed by atoms with van der Waals surface area (Å²) in [7, 11) is 1.98. The number of thiophene rings is 1. The van der Waals surface area contributed by atoms with Crippen LogP contribution in [0.25, 0.3) is 6.08 Å². The maximum atomic E-state index is 13.3. The van der Waals surface area contributed by atoms with Crippen LogP contribution >= 0.6 is 11.3 Å². The maximum absolute atomic E-state index is 13.3. The molecule has 0 aliphatic heterocycles. The lowest BCUT2D eigenvalue weighted by Crippen LogP contribution is -2.17. The number of carbonyl (C=O) groups is 1. The number of halogens is 1. The fraction of sp³-hybridized carbons (Fsp3) is 0.188. The van der Waals surface area contributed by atoms with Gasteiger partial charge in [0.25, 0.3) is 0 Å². The third-order valence-electron chi connectivity index (χ3n) is 2.99. The predicted molar refractivity (Wildman–Crippen MR) is 82.6 cm³/mol. The largest absolute Gasteiger partial charge is 0.478 e. The first kappa shape index (κ1) is 15.4. The molecule has 0 bridgehead atoms. The predicted octanol–water partition coefficient (Wildman–Crippen LogP) is 3.62. The third-order valence-corrected chi connectivity index (χ3v) is 3.72. The molecule has 1 aromatic heterocycles. The van der Waals surface area contributed by atoms with Crippen LogP contribution in [0.3, 0.4) is 0 Å². The van der Waals surface area contributed by atoms with Gasteiger partial charge in [0.2, 0.25) is 0 Å². The first-order valence-corrected chi connectivity index (χ1v) is 7.38. The molecule has 110 valence electrons. The molecule has 0 saturated heterocycles. The van der Waals surface area contributed by atoms with E-state index in [1.165, 1.54) is 23.8 Å². The van der Waals surface area contributed by atoms with Gasteiger partial charge in [0.05, 0.1) is 0 Å². The van der Waals surface area contributed by atoms with Gasteiger partial charge in [-0.2, -0.15) is 11.3 Å². The van der Waals surface area contributed by atoms with Gasteiger partial charge in [0, 0.05) is 19.2 Å². The molecule has 0 aliphatic carbocycles. The summed E-state index contributed by atoms with van der Waals surface area (Å²) >= 11 is 1.65. The molecule has 0 unspecified atom stereocenters. The topological polar surface area (TPSA) is 40.5 Å². The molecule has 0 atom stereocenters. The molecule has 0 radical (unpaired) electrons. The van der Waals surface area contributed by atoms with Gasteiger partial charge in [-0.05, 0) is 58.8 Å². The second-order valence-corrected chi connectivity index (χ2v) is 5.60. The Balaban J connectivity index is 2.13. The summed E-state index contributed by atoms with van der Waals surface area (Å²) in [6.07, 6.45) is 2.45. The number of carboxylic acid groups (broad SMARTS) is 1. The minimum atomic E-state index is -1.04. The van der Waals surface area contributed by atoms with Gasteiger partial charge in [-0.1, -0.05) is 6.07 Å². The van der Waals surface area contributed by atoms with Gasteiger partial charge in [-0.25, -0.2) is 9.18 Å². The zero-order valence-corrected chi connectivity index (χ0v) is 12.4. The van der Waals surface area contributed by atoms with Crippen LogP contribution in [0.1, 0.15) is 16.7 Å². The molecule has 5 heteroatoms. The molecule has 0 saturated carbocycles. The monoisotopic (exact) mass is 305 g/mol. The first-order valence-electron chi connectivity index (χ1n) is 6.43. The fourth-order valence-electron chi connectivity index (χ4n) is 2.07. The summed E-state index contributed by atoms with van der Waals surface area (Å²) in [6, 6.07) is 6.51. The van der Waals surface area contributed by atoms with Crippen molar-refractivity contribution >= 4 is 23.4 Å². The van der Waals surface area contributed by atoms with Crippen molar-refractivity contribution in [3.8, 4) is 0 Å². The molecule has 3 nitrogen and oxygen atoms in total. The summed E-state index contributed by atoms with van der Waals surface area (Å²) < 4.78 is 13.3. The van der Waals surface area contributed by atoms with Crippen LogP contribution in [0.2, 0.25) is 0 Å². The van der Waals surface area contributed by atoms with Crippen LogP contribution in [0.4, 0.5) is 4.39 Å². The fourth-order valence-corrected chi connectivity index (χ4v) is 2.73. The second kappa shape index (κ2) is 7.15. The minimum absolute atomic E-state index is 0.371. The lowest BCUT2D eigenvalue weighted by molar-refractivity contribution is -0.131. The third kappa shape index (κ3) is 4.81. The smallest absolute Gasteiger partial charge is 0.328 e. The highest BCUT2D eigenvalue weighted by molar-refractivity contribution is 7.07. The van der Waals surface area contributed by atoms with E-state index < -0.39 is 5.97 Å². The number of rotatable bonds is 6. The normalized spacial score (nSPS) is 11.4. The highest BCUT2D eigenvalue weighted by Crippen LogP contribution is 2.17. The van der Waals surface area contributed by atoms with Crippen molar-refractivity contribution in [3.63, 3.8) is 0 Å². The van der Waals surface area contributed by atoms with Crippen molar-refractivity contribution in [2.24, 2.45) is 0 Å². The molecule has 0 spiro atoms. The Hall–Kier alpha value is -1.98. The first-order chi connectivity index (χ1) is 10.0. The number of carboxylic acids is 1. The van der Waals surface area contributed by atoms with Crippen molar-refractivity contribution in [3.05, 3.63) is 63.6 Å². The van der Waals surface area contributed by atoms with Gasteiger partial charge >= 0.3 is 5.97 Å². The van der Waals surface area contributed by atoms with E-state index in [0.717, 1.165) is 18.2 Å². The van der Waals surface area contributed by atoms with E-state index in [0.29, 0.717) is 12.1 Å². The summed E-state index contributed by atoms with van der Waals surface area (Å²) in [5.74, 6) is -1.42. The zero-order chi connectivity index (χ0) is 15.2. The van der Waals surface area contributed by atoms with E-state index >= 15 is 0 Å². The summed E-state index contributed by atoms with van der Waals surface area (Å²) in [6.45, 7) is 1.42. The Kier molecular flexibility index (Phi) is 5.25. The van der Waals surface area contributed by atoms with Gasteiger partial charge in [-0.3, -0.25) is 4.90 Å². The average Bonchev–Trinajstić information content (AvgIpc) is 2.91. The Morgan fingerprint density at radius 2 is 2.19 bits per heavy atom. The Morgan fingerprint density at radius 3 is 2.86 bits per heavy atom. The van der Waals surface area contributed by atoms with Crippen LogP contribution < -0.4 is 0 Å². The van der Waals surface area contributed by atoms with Crippen LogP contribution in [-0.2, 0) is 17.9 Å². The summed E-state index contributed by atoms with van der Waals surface area (Å²) in [4.78, 5) is 12.7. The number of nitrogens with zero attached hydrogens (tertiary/aromatic N) is 1. The van der Waals surface area contributed by atoms with Gasteiger partial charge < -0.3 is 5.11 Å². The quantitative estimate of drug-likeness (QED) is 0.829. The lowest BCUT2D eigenvalue weighted by Gasteiger charge is -2.17. The SMILES string of the molecule is CN(Cc1ccsc1)Cc1ccc(F)cc1C=CC(=O)O. The van der Waals surface area contributed by atoms with E-state index in [2.05, 4.69) is 16.3 Å². The Labute approximate surface area is 127 Å². The molecule has 0 aliphatic rings. The Bertz CT molecular complexity index is 638. The molecule has 1 aromatic carbocycles. The molecule has 0 amide bonds. The average molecular weight is 305 g/mol. The molecule has 0 fully saturated rings. The van der Waals surface area contributed by atoms with Gasteiger partial charge in [0.1, 0.15) is 5.82 Å². The molecule has 1 N–H and O–H groups in total. The van der Waals surface area contributed by atoms with E-state index in [4.69, 9.17) is 5.11 Å². The van der Waals surface area contributed by atoms with E-state index in [1.807, 2.05) is 12.4 Å². The number of aliphatic carboxylic acids is 1. The van der Waals surface area contributed by atoms with Crippen LogP contribution in [0.5, 0.6) is 0 Å². The van der Waals surface area contributed by atoms with Crippen molar-refractivity contribution in [1.82, 2.24) is 4.90 Å². The van der Waals surface area contributed by atoms with Crippen LogP contribution in [0.15, 0.2) is 41.1 Å². The molecular weight excluding hydrogens is 289 g/mol. The number of benzene rings is 1. The molecule has 2 rings (SSSR count). The van der Waals surface area contributed by atoms with E-state index in [9.17, 15) is 9.18 Å². The van der Waals surface area contributed by atoms with Crippen LogP contribution in [0, 0.1) is 5.82 Å². The molecular formula is C16H16FNO2S. The van der Waals surface area contributed by atoms with E-state index in [-0.39, 0.29) is 5.82 Å². The minimum Gasteiger partial charge on any atom is -0.478 e. The number of hydrogen-bond donors (Lipinski definition) is 1. The van der Waals surface area contributed by atoms with Crippen molar-refractivity contribution in [1.29, 1.82) is 0 Å². The standard InChI is InChI=1S/C16H16FNO2S/c1-18(9-12-6-7-21-11-12)10-14-2-4-15(17)8-13(14)3-5-16(19)20/h2-8,11H,9-10H2,1H3,(H,19,20). The highest BCUT2D eigenvalue weighted by Gasteiger charge is 2.07. The highest BCUT2D eigenvalue weighted by atomic mass is 32.1. The molecule has 21 heavy (non-hydrogen) atoms. The lowest BCUT2D eigenvalue weighted by atomic mass is 10.1. The molecule has 1 heterocycles. The maximum Gasteiger partial charge on any atom is 0.328 e. The zero-order valence-electron chi connectivity index (χ0n) is 11.6. The summed E-state index contributed by atoms with van der Waals surface area (Å²) in [5.41, 5.74) is 2.72. The number of hydrogen-bond acceptors (Lipinski definition) is 3. The van der Waals surface area contributed by atoms with Gasteiger partial charge in [0.15, 0.2) is 0 Å². The van der Waals surface area contributed by atoms with Gasteiger partial charge in [-0.15, -0.1) is 0 Å². The van der Waals surface area contributed by atoms with Crippen molar-refractivity contribution in [2.45, 2.75) is 13.1 Å². The van der Waals surface area contributed by atoms with Crippen LogP contribution in [-0.4, -0.2) is 23.0 Å². The second-order valence-electron chi connectivity index (χ2n) is 4.82.